The van der Waals surface area contributed by atoms with Gasteiger partial charge in [0.15, 0.2) is 5.78 Å². The second kappa shape index (κ2) is 4.61. The van der Waals surface area contributed by atoms with Gasteiger partial charge in [-0.1, -0.05) is 41.5 Å². The van der Waals surface area contributed by atoms with Crippen molar-refractivity contribution >= 4 is 5.78 Å². The molecule has 1 fully saturated rings. The van der Waals surface area contributed by atoms with E-state index in [4.69, 9.17) is 0 Å². The molecule has 0 saturated heterocycles. The largest absolute Gasteiger partial charge is 0.507 e. The van der Waals surface area contributed by atoms with E-state index in [0.29, 0.717) is 5.75 Å². The van der Waals surface area contributed by atoms with Crippen LogP contribution >= 0.6 is 0 Å². The highest BCUT2D eigenvalue weighted by molar-refractivity contribution is 6.00. The van der Waals surface area contributed by atoms with Gasteiger partial charge >= 0.3 is 0 Å². The fourth-order valence-electron chi connectivity index (χ4n) is 2.50. The van der Waals surface area contributed by atoms with Crippen LogP contribution in [0.5, 0.6) is 5.75 Å². The minimum atomic E-state index is -0.177. The van der Waals surface area contributed by atoms with E-state index >= 15 is 0 Å². The van der Waals surface area contributed by atoms with Gasteiger partial charge in [-0.2, -0.15) is 0 Å². The van der Waals surface area contributed by atoms with Gasteiger partial charge in [0, 0.05) is 22.6 Å². The topological polar surface area (TPSA) is 37.3 Å². The summed E-state index contributed by atoms with van der Waals surface area (Å²) in [5, 5.41) is 10.6. The molecule has 0 unspecified atom stereocenters. The van der Waals surface area contributed by atoms with Crippen molar-refractivity contribution < 1.29 is 9.90 Å². The fraction of sp³-hybridized carbons (Fsp3) is 0.611. The average Bonchev–Trinajstić information content (AvgIpc) is 3.08. The van der Waals surface area contributed by atoms with Gasteiger partial charge in [0.1, 0.15) is 5.75 Å². The second-order valence-electron chi connectivity index (χ2n) is 8.06. The van der Waals surface area contributed by atoms with Gasteiger partial charge in [-0.15, -0.1) is 0 Å². The van der Waals surface area contributed by atoms with E-state index in [1.54, 1.807) is 0 Å². The van der Waals surface area contributed by atoms with Crippen molar-refractivity contribution in [3.8, 4) is 5.75 Å². The molecule has 1 aliphatic carbocycles. The number of carbonyl (C=O) groups excluding carboxylic acids is 1. The van der Waals surface area contributed by atoms with Crippen molar-refractivity contribution in [2.24, 2.45) is 5.92 Å². The number of rotatable bonds is 2. The molecule has 0 aromatic heterocycles. The molecule has 20 heavy (non-hydrogen) atoms. The van der Waals surface area contributed by atoms with Crippen LogP contribution in [0.3, 0.4) is 0 Å². The number of Topliss-reactive ketones (excluding diaryl/α,β-unsaturated/α-hetero) is 1. The van der Waals surface area contributed by atoms with Gasteiger partial charge in [0.05, 0.1) is 0 Å². The zero-order valence-electron chi connectivity index (χ0n) is 13.5. The molecule has 1 aromatic carbocycles. The lowest BCUT2D eigenvalue weighted by molar-refractivity contribution is 0.0967. The molecule has 1 N–H and O–H groups in total. The van der Waals surface area contributed by atoms with Crippen molar-refractivity contribution in [1.82, 2.24) is 0 Å². The number of aromatic hydroxyl groups is 1. The number of benzene rings is 1. The van der Waals surface area contributed by atoms with Crippen LogP contribution in [0.4, 0.5) is 0 Å². The lowest BCUT2D eigenvalue weighted by Gasteiger charge is -2.28. The van der Waals surface area contributed by atoms with E-state index < -0.39 is 0 Å². The highest BCUT2D eigenvalue weighted by Gasteiger charge is 2.33. The van der Waals surface area contributed by atoms with Crippen LogP contribution in [0.25, 0.3) is 0 Å². The molecule has 0 spiro atoms. The van der Waals surface area contributed by atoms with Crippen molar-refractivity contribution in [2.45, 2.75) is 65.2 Å². The third-order valence-corrected chi connectivity index (χ3v) is 3.96. The lowest BCUT2D eigenvalue weighted by atomic mass is 9.78. The monoisotopic (exact) mass is 274 g/mol. The van der Waals surface area contributed by atoms with Gasteiger partial charge in [-0.3, -0.25) is 4.79 Å². The Hall–Kier alpha value is -1.31. The number of hydrogen-bond acceptors (Lipinski definition) is 2. The highest BCUT2D eigenvalue weighted by Crippen LogP contribution is 2.41. The lowest BCUT2D eigenvalue weighted by Crippen LogP contribution is -2.19. The number of ketones is 1. The molecule has 0 bridgehead atoms. The summed E-state index contributed by atoms with van der Waals surface area (Å²) in [4.78, 5) is 12.4. The summed E-state index contributed by atoms with van der Waals surface area (Å²) in [5.74, 6) is 0.790. The minimum absolute atomic E-state index is 0.177. The normalized spacial score (nSPS) is 16.3. The van der Waals surface area contributed by atoms with Crippen LogP contribution in [0.2, 0.25) is 0 Å². The minimum Gasteiger partial charge on any atom is -0.507 e. The second-order valence-corrected chi connectivity index (χ2v) is 8.06. The van der Waals surface area contributed by atoms with E-state index in [0.717, 1.165) is 29.5 Å². The highest BCUT2D eigenvalue weighted by atomic mass is 16.3. The number of phenols is 1. The van der Waals surface area contributed by atoms with E-state index in [-0.39, 0.29) is 22.5 Å². The molecule has 0 amide bonds. The summed E-state index contributed by atoms with van der Waals surface area (Å²) in [6.07, 6.45) is 2.02. The van der Waals surface area contributed by atoms with Crippen LogP contribution in [0, 0.1) is 5.92 Å². The van der Waals surface area contributed by atoms with Gasteiger partial charge in [-0.05, 0) is 35.8 Å². The Morgan fingerprint density at radius 2 is 1.40 bits per heavy atom. The summed E-state index contributed by atoms with van der Waals surface area (Å²) in [5.41, 5.74) is 2.15. The average molecular weight is 274 g/mol. The maximum Gasteiger partial charge on any atom is 0.165 e. The first-order chi connectivity index (χ1) is 9.01. The summed E-state index contributed by atoms with van der Waals surface area (Å²) in [6.45, 7) is 12.4. The zero-order chi connectivity index (χ0) is 15.3. The number of carbonyl (C=O) groups is 1. The molecule has 2 heteroatoms. The van der Waals surface area contributed by atoms with E-state index in [9.17, 15) is 9.90 Å². The summed E-state index contributed by atoms with van der Waals surface area (Å²) in [6, 6.07) is 3.79. The summed E-state index contributed by atoms with van der Waals surface area (Å²) in [7, 11) is 0. The summed E-state index contributed by atoms with van der Waals surface area (Å²) >= 11 is 0. The molecule has 0 atom stereocenters. The molecule has 2 rings (SSSR count). The zero-order valence-corrected chi connectivity index (χ0v) is 13.5. The predicted molar refractivity (Wildman–Crippen MR) is 82.6 cm³/mol. The molecule has 1 aromatic rings. The molecule has 0 radical (unpaired) electrons. The van der Waals surface area contributed by atoms with E-state index in [1.165, 1.54) is 0 Å². The number of phenolic OH excluding ortho intramolecular Hbond substituents is 1. The van der Waals surface area contributed by atoms with Gasteiger partial charge in [-0.25, -0.2) is 0 Å². The molecule has 0 heterocycles. The van der Waals surface area contributed by atoms with Crippen LogP contribution in [-0.2, 0) is 10.8 Å². The van der Waals surface area contributed by atoms with Crippen LogP contribution < -0.4 is 0 Å². The van der Waals surface area contributed by atoms with Crippen LogP contribution in [0.1, 0.15) is 75.9 Å². The predicted octanol–water partition coefficient (Wildman–Crippen LogP) is 4.58. The van der Waals surface area contributed by atoms with Crippen LogP contribution in [0.15, 0.2) is 12.1 Å². The quantitative estimate of drug-likeness (QED) is 0.801. The smallest absolute Gasteiger partial charge is 0.165 e. The van der Waals surface area contributed by atoms with Crippen molar-refractivity contribution in [2.75, 3.05) is 0 Å². The SMILES string of the molecule is CC(C)(C)c1cc(C(=O)C2CC2)cc(C(C)(C)C)c1O. The first-order valence-electron chi connectivity index (χ1n) is 7.44. The van der Waals surface area contributed by atoms with Crippen molar-refractivity contribution in [3.05, 3.63) is 28.8 Å². The Bertz CT molecular complexity index is 503. The Morgan fingerprint density at radius 1 is 1.00 bits per heavy atom. The molecule has 0 aliphatic heterocycles. The third-order valence-electron chi connectivity index (χ3n) is 3.96. The first-order valence-corrected chi connectivity index (χ1v) is 7.44. The molecule has 2 nitrogen and oxygen atoms in total. The van der Waals surface area contributed by atoms with Gasteiger partial charge in [0.2, 0.25) is 0 Å². The van der Waals surface area contributed by atoms with Gasteiger partial charge in [0.25, 0.3) is 0 Å². The molecule has 110 valence electrons. The first kappa shape index (κ1) is 15.1. The Balaban J connectivity index is 2.63. The number of hydrogen-bond donors (Lipinski definition) is 1. The maximum absolute atomic E-state index is 12.4. The Kier molecular flexibility index (Phi) is 3.48. The van der Waals surface area contributed by atoms with Crippen molar-refractivity contribution in [1.29, 1.82) is 0 Å². The fourth-order valence-corrected chi connectivity index (χ4v) is 2.50. The molecular weight excluding hydrogens is 248 g/mol. The van der Waals surface area contributed by atoms with E-state index in [2.05, 4.69) is 41.5 Å². The Labute approximate surface area is 122 Å². The summed E-state index contributed by atoms with van der Waals surface area (Å²) < 4.78 is 0. The Morgan fingerprint density at radius 3 is 1.70 bits per heavy atom. The van der Waals surface area contributed by atoms with Crippen molar-refractivity contribution in [3.63, 3.8) is 0 Å². The van der Waals surface area contributed by atoms with Crippen LogP contribution in [-0.4, -0.2) is 10.9 Å². The third kappa shape index (κ3) is 2.89. The standard InChI is InChI=1S/C18H26O2/c1-17(2,3)13-9-12(15(19)11-7-8-11)10-14(16(13)20)18(4,5)6/h9-11,20H,7-8H2,1-6H3. The maximum atomic E-state index is 12.4. The molecule has 1 aliphatic rings. The molecule has 1 saturated carbocycles. The molecular formula is C18H26O2. The van der Waals surface area contributed by atoms with E-state index in [1.807, 2.05) is 12.1 Å². The van der Waals surface area contributed by atoms with Gasteiger partial charge < -0.3 is 5.11 Å².